The number of benzene rings is 1. The van der Waals surface area contributed by atoms with Gasteiger partial charge in [-0.3, -0.25) is 14.4 Å². The van der Waals surface area contributed by atoms with Crippen LogP contribution in [0.15, 0.2) is 36.4 Å². The molecule has 1 aromatic carbocycles. The van der Waals surface area contributed by atoms with Crippen molar-refractivity contribution < 1.29 is 38.9 Å². The van der Waals surface area contributed by atoms with Gasteiger partial charge in [-0.15, -0.1) is 5.92 Å². The molecule has 1 aromatic rings. The number of ether oxygens (including phenoxy) is 2. The normalized spacial score (nSPS) is 13.6. The quantitative estimate of drug-likeness (QED) is 0.0563. The van der Waals surface area contributed by atoms with Crippen molar-refractivity contribution in [1.29, 1.82) is 0 Å². The van der Waals surface area contributed by atoms with Crippen LogP contribution in [-0.4, -0.2) is 65.6 Å². The summed E-state index contributed by atoms with van der Waals surface area (Å²) in [6, 6.07) is 6.04. The lowest BCUT2D eigenvalue weighted by atomic mass is 9.82. The molecule has 0 unspecified atom stereocenters. The summed E-state index contributed by atoms with van der Waals surface area (Å²) >= 11 is 0. The Bertz CT molecular complexity index is 1170. The Balaban J connectivity index is 2.87. The number of rotatable bonds is 27. The van der Waals surface area contributed by atoms with Gasteiger partial charge in [-0.25, -0.2) is 4.79 Å². The molecule has 0 fully saturated rings. The Labute approximate surface area is 281 Å². The second kappa shape index (κ2) is 24.7. The first-order valence-corrected chi connectivity index (χ1v) is 17.2. The highest BCUT2D eigenvalue weighted by atomic mass is 16.5. The van der Waals surface area contributed by atoms with E-state index >= 15 is 0 Å². The zero-order chi connectivity index (χ0) is 34.9. The Kier molecular flexibility index (Phi) is 21.8. The van der Waals surface area contributed by atoms with Crippen LogP contribution in [0.5, 0.6) is 5.75 Å². The fourth-order valence-corrected chi connectivity index (χ4v) is 5.36. The molecule has 9 nitrogen and oxygen atoms in total. The van der Waals surface area contributed by atoms with Crippen LogP contribution in [0.25, 0.3) is 0 Å². The Hall–Kier alpha value is -3.48. The first kappa shape index (κ1) is 41.5. The summed E-state index contributed by atoms with van der Waals surface area (Å²) in [6.07, 6.45) is 14.5. The largest absolute Gasteiger partial charge is 0.481 e. The molecule has 3 atom stereocenters. The lowest BCUT2D eigenvalue weighted by Crippen LogP contribution is -2.54. The van der Waals surface area contributed by atoms with Gasteiger partial charge in [0.25, 0.3) is 0 Å². The molecule has 0 bridgehead atoms. The molecule has 0 heterocycles. The van der Waals surface area contributed by atoms with Crippen LogP contribution < -0.4 is 10.1 Å². The highest BCUT2D eigenvalue weighted by molar-refractivity contribution is 5.94. The number of carboxylic acids is 1. The van der Waals surface area contributed by atoms with E-state index in [0.29, 0.717) is 37.2 Å². The molecule has 3 N–H and O–H groups in total. The van der Waals surface area contributed by atoms with Crippen LogP contribution in [0, 0.1) is 17.8 Å². The molecular formula is C38H57NO8. The van der Waals surface area contributed by atoms with Crippen LogP contribution >= 0.6 is 0 Å². The molecule has 0 spiro atoms. The van der Waals surface area contributed by atoms with Crippen LogP contribution in [0.3, 0.4) is 0 Å². The number of carbonyl (C=O) groups excluding carboxylic acids is 3. The van der Waals surface area contributed by atoms with Crippen molar-refractivity contribution >= 4 is 23.4 Å². The fraction of sp³-hybridized carbons (Fsp3) is 0.632. The van der Waals surface area contributed by atoms with Gasteiger partial charge in [-0.2, -0.15) is 0 Å². The number of nitrogens with one attached hydrogen (secondary N) is 1. The van der Waals surface area contributed by atoms with E-state index < -0.39 is 29.4 Å². The van der Waals surface area contributed by atoms with E-state index in [9.17, 15) is 29.4 Å². The third kappa shape index (κ3) is 16.8. The maximum absolute atomic E-state index is 13.6. The smallest absolute Gasteiger partial charge is 0.336 e. The number of Topliss-reactive ketones (excluding diaryl/α,β-unsaturated/α-hetero) is 2. The summed E-state index contributed by atoms with van der Waals surface area (Å²) in [7, 11) is 1.38. The molecule has 0 aromatic heterocycles. The van der Waals surface area contributed by atoms with Gasteiger partial charge >= 0.3 is 5.97 Å². The maximum Gasteiger partial charge on any atom is 0.336 e. The number of carboxylic acid groups (broad SMARTS) is 1. The van der Waals surface area contributed by atoms with Gasteiger partial charge in [-0.1, -0.05) is 89.0 Å². The second-order valence-corrected chi connectivity index (χ2v) is 12.1. The minimum absolute atomic E-state index is 0.139. The molecular weight excluding hydrogens is 598 g/mol. The molecule has 1 rings (SSSR count). The fourth-order valence-electron chi connectivity index (χ4n) is 5.36. The lowest BCUT2D eigenvalue weighted by molar-refractivity contribution is -0.167. The van der Waals surface area contributed by atoms with Crippen molar-refractivity contribution in [3.63, 3.8) is 0 Å². The van der Waals surface area contributed by atoms with Crippen LogP contribution in [0.4, 0.5) is 0 Å². The molecule has 0 saturated heterocycles. The standard InChI is InChI=1S/C38H57NO8/c1-5-8-10-13-16-19-31(40)20-17-14-11-12-15-18-21-33(38(45,26-7-3)37(43)44)36(42)39-34(35(41)29-46-4)28-30-22-24-32(25-23-30)47-27-9-6-2/h18,21-25,33-34,45H,5,7-8,10-17,19-20,26-29H2,1-4H3,(H,39,42)(H,43,44)/b21-18+/t33-,34+,38+/m1/s1. The number of ketones is 2. The average Bonchev–Trinajstić information content (AvgIpc) is 3.04. The van der Waals surface area contributed by atoms with E-state index in [-0.39, 0.29) is 31.8 Å². The minimum Gasteiger partial charge on any atom is -0.481 e. The Morgan fingerprint density at radius 2 is 1.57 bits per heavy atom. The zero-order valence-electron chi connectivity index (χ0n) is 29.0. The zero-order valence-corrected chi connectivity index (χ0v) is 29.0. The molecule has 1 amide bonds. The third-order valence-electron chi connectivity index (χ3n) is 8.11. The number of methoxy groups -OCH3 is 1. The monoisotopic (exact) mass is 655 g/mol. The SMILES string of the molecule is CC#CCOc1ccc(C[C@H](NC(=O)[C@@H](/C=C/CCCCCCC(=O)CCCCCCC)[C@@](O)(CCC)C(=O)O)C(=O)COC)cc1. The number of aliphatic hydroxyl groups is 1. The molecule has 0 aliphatic carbocycles. The van der Waals surface area contributed by atoms with E-state index in [1.165, 1.54) is 32.4 Å². The van der Waals surface area contributed by atoms with E-state index in [1.807, 2.05) is 0 Å². The minimum atomic E-state index is -2.35. The highest BCUT2D eigenvalue weighted by Gasteiger charge is 2.46. The van der Waals surface area contributed by atoms with Gasteiger partial charge < -0.3 is 25.0 Å². The van der Waals surface area contributed by atoms with Crippen LogP contribution in [0.1, 0.15) is 116 Å². The summed E-state index contributed by atoms with van der Waals surface area (Å²) in [4.78, 5) is 51.0. The number of hydrogen-bond acceptors (Lipinski definition) is 7. The number of amides is 1. The van der Waals surface area contributed by atoms with Gasteiger partial charge in [0.2, 0.25) is 5.91 Å². The Morgan fingerprint density at radius 3 is 2.15 bits per heavy atom. The van der Waals surface area contributed by atoms with Crippen LogP contribution in [-0.2, 0) is 30.3 Å². The highest BCUT2D eigenvalue weighted by Crippen LogP contribution is 2.27. The number of hydrogen-bond donors (Lipinski definition) is 3. The van der Waals surface area contributed by atoms with E-state index in [0.717, 1.165) is 44.1 Å². The second-order valence-electron chi connectivity index (χ2n) is 12.1. The predicted molar refractivity (Wildman–Crippen MR) is 184 cm³/mol. The summed E-state index contributed by atoms with van der Waals surface area (Å²) in [5, 5.41) is 23.9. The Morgan fingerprint density at radius 1 is 0.936 bits per heavy atom. The maximum atomic E-state index is 13.6. The molecule has 0 aliphatic heterocycles. The third-order valence-corrected chi connectivity index (χ3v) is 8.11. The van der Waals surface area contributed by atoms with Crippen molar-refractivity contribution in [2.75, 3.05) is 20.3 Å². The van der Waals surface area contributed by atoms with Crippen LogP contribution in [0.2, 0.25) is 0 Å². The summed E-state index contributed by atoms with van der Waals surface area (Å²) in [5.41, 5.74) is -1.60. The molecule has 0 radical (unpaired) electrons. The molecule has 9 heteroatoms. The number of allylic oxidation sites excluding steroid dienone is 1. The van der Waals surface area contributed by atoms with E-state index in [1.54, 1.807) is 44.2 Å². The first-order chi connectivity index (χ1) is 22.6. The van der Waals surface area contributed by atoms with Crippen molar-refractivity contribution in [3.05, 3.63) is 42.0 Å². The van der Waals surface area contributed by atoms with Crippen molar-refractivity contribution in [3.8, 4) is 17.6 Å². The van der Waals surface area contributed by atoms with Gasteiger partial charge in [-0.05, 0) is 63.1 Å². The van der Waals surface area contributed by atoms with Gasteiger partial charge in [0.05, 0.1) is 12.0 Å². The number of carbonyl (C=O) groups is 4. The first-order valence-electron chi connectivity index (χ1n) is 17.2. The summed E-state index contributed by atoms with van der Waals surface area (Å²) in [6.45, 7) is 5.64. The lowest BCUT2D eigenvalue weighted by Gasteiger charge is -2.31. The summed E-state index contributed by atoms with van der Waals surface area (Å²) < 4.78 is 10.6. The van der Waals surface area contributed by atoms with Crippen molar-refractivity contribution in [2.45, 2.75) is 129 Å². The predicted octanol–water partition coefficient (Wildman–Crippen LogP) is 6.39. The van der Waals surface area contributed by atoms with Crippen molar-refractivity contribution in [1.82, 2.24) is 5.32 Å². The molecule has 0 saturated carbocycles. The number of aliphatic carboxylic acids is 1. The van der Waals surface area contributed by atoms with Gasteiger partial charge in [0, 0.05) is 20.0 Å². The van der Waals surface area contributed by atoms with Gasteiger partial charge in [0.1, 0.15) is 24.7 Å². The number of unbranched alkanes of at least 4 members (excludes halogenated alkanes) is 8. The topological polar surface area (TPSA) is 139 Å². The van der Waals surface area contributed by atoms with E-state index in [4.69, 9.17) is 9.47 Å². The molecule has 262 valence electrons. The average molecular weight is 656 g/mol. The molecule has 47 heavy (non-hydrogen) atoms. The van der Waals surface area contributed by atoms with E-state index in [2.05, 4.69) is 24.1 Å². The van der Waals surface area contributed by atoms with Gasteiger partial charge in [0.15, 0.2) is 11.4 Å². The summed E-state index contributed by atoms with van der Waals surface area (Å²) in [5.74, 6) is 2.47. The molecule has 0 aliphatic rings. The van der Waals surface area contributed by atoms with Crippen molar-refractivity contribution in [2.24, 2.45) is 5.92 Å².